The number of primary amides is 1. The molecule has 1 fully saturated rings. The number of anilines is 1. The molecule has 1 aromatic rings. The number of carbonyl (C=O) groups is 1. The average molecular weight is 251 g/mol. The van der Waals surface area contributed by atoms with Crippen LogP contribution in [0.25, 0.3) is 0 Å². The molecule has 98 valence electrons. The van der Waals surface area contributed by atoms with Gasteiger partial charge in [0, 0.05) is 18.8 Å². The second-order valence-electron chi connectivity index (χ2n) is 4.56. The third kappa shape index (κ3) is 2.46. The van der Waals surface area contributed by atoms with Crippen LogP contribution in [0.3, 0.4) is 0 Å². The fourth-order valence-electron chi connectivity index (χ4n) is 2.52. The number of hydrogen-bond donors (Lipinski definition) is 2. The Hall–Kier alpha value is -1.62. The fraction of sp³-hybridized carbons (Fsp3) is 0.462. The highest BCUT2D eigenvalue weighted by Crippen LogP contribution is 2.29. The van der Waals surface area contributed by atoms with Gasteiger partial charge in [-0.05, 0) is 43.7 Å². The second-order valence-corrected chi connectivity index (χ2v) is 4.56. The summed E-state index contributed by atoms with van der Waals surface area (Å²) < 4.78 is 13.3. The number of nitrogens with one attached hydrogen (secondary N) is 1. The number of benzene rings is 1. The SMILES string of the molecule is CNCc1cc(F)ccc1N1CCCC1C(N)=O. The lowest BCUT2D eigenvalue weighted by Gasteiger charge is -2.27. The van der Waals surface area contributed by atoms with Gasteiger partial charge in [0.25, 0.3) is 0 Å². The Morgan fingerprint density at radius 2 is 2.39 bits per heavy atom. The standard InChI is InChI=1S/C13H18FN3O/c1-16-8-9-7-10(14)4-5-11(9)17-6-2-3-12(17)13(15)18/h4-5,7,12,16H,2-3,6,8H2,1H3,(H2,15,18). The topological polar surface area (TPSA) is 58.4 Å². The van der Waals surface area contributed by atoms with E-state index >= 15 is 0 Å². The molecule has 1 heterocycles. The van der Waals surface area contributed by atoms with Crippen LogP contribution >= 0.6 is 0 Å². The molecule has 0 spiro atoms. The van der Waals surface area contributed by atoms with Gasteiger partial charge in [-0.2, -0.15) is 0 Å². The second kappa shape index (κ2) is 5.35. The molecule has 1 aliphatic heterocycles. The van der Waals surface area contributed by atoms with Gasteiger partial charge in [-0.25, -0.2) is 4.39 Å². The van der Waals surface area contributed by atoms with Crippen LogP contribution in [0, 0.1) is 5.82 Å². The number of amides is 1. The molecular formula is C13H18FN3O. The molecule has 2 rings (SSSR count). The third-order valence-corrected chi connectivity index (χ3v) is 3.30. The Kier molecular flexibility index (Phi) is 3.81. The van der Waals surface area contributed by atoms with Gasteiger partial charge in [0.05, 0.1) is 0 Å². The van der Waals surface area contributed by atoms with E-state index in [2.05, 4.69) is 5.32 Å². The van der Waals surface area contributed by atoms with Crippen molar-refractivity contribution >= 4 is 11.6 Å². The van der Waals surface area contributed by atoms with Crippen LogP contribution < -0.4 is 16.0 Å². The van der Waals surface area contributed by atoms with Crippen LogP contribution in [-0.4, -0.2) is 25.5 Å². The van der Waals surface area contributed by atoms with E-state index in [0.717, 1.165) is 30.6 Å². The first-order valence-corrected chi connectivity index (χ1v) is 6.12. The summed E-state index contributed by atoms with van der Waals surface area (Å²) in [5.74, 6) is -0.578. The van der Waals surface area contributed by atoms with Gasteiger partial charge < -0.3 is 16.0 Å². The van der Waals surface area contributed by atoms with E-state index in [0.29, 0.717) is 6.54 Å². The minimum atomic E-state index is -0.313. The lowest BCUT2D eigenvalue weighted by molar-refractivity contribution is -0.119. The first kappa shape index (κ1) is 12.8. The maximum atomic E-state index is 13.3. The number of rotatable bonds is 4. The molecule has 1 unspecified atom stereocenters. The van der Waals surface area contributed by atoms with E-state index in [1.54, 1.807) is 6.07 Å². The van der Waals surface area contributed by atoms with Crippen molar-refractivity contribution in [3.05, 3.63) is 29.6 Å². The maximum absolute atomic E-state index is 13.3. The summed E-state index contributed by atoms with van der Waals surface area (Å²) >= 11 is 0. The summed E-state index contributed by atoms with van der Waals surface area (Å²) in [6.45, 7) is 1.35. The lowest BCUT2D eigenvalue weighted by Crippen LogP contribution is -2.40. The summed E-state index contributed by atoms with van der Waals surface area (Å²) in [4.78, 5) is 13.4. The monoisotopic (exact) mass is 251 g/mol. The van der Waals surface area contributed by atoms with Crippen molar-refractivity contribution in [1.29, 1.82) is 0 Å². The van der Waals surface area contributed by atoms with Crippen LogP contribution in [0.15, 0.2) is 18.2 Å². The number of nitrogens with two attached hydrogens (primary N) is 1. The normalized spacial score (nSPS) is 19.2. The van der Waals surface area contributed by atoms with E-state index in [4.69, 9.17) is 5.73 Å². The lowest BCUT2D eigenvalue weighted by atomic mass is 10.1. The molecular weight excluding hydrogens is 233 g/mol. The van der Waals surface area contributed by atoms with E-state index in [1.807, 2.05) is 11.9 Å². The largest absolute Gasteiger partial charge is 0.368 e. The Labute approximate surface area is 106 Å². The molecule has 0 bridgehead atoms. The third-order valence-electron chi connectivity index (χ3n) is 3.30. The molecule has 1 atom stereocenters. The zero-order valence-corrected chi connectivity index (χ0v) is 10.4. The van der Waals surface area contributed by atoms with Gasteiger partial charge >= 0.3 is 0 Å². The van der Waals surface area contributed by atoms with Crippen molar-refractivity contribution < 1.29 is 9.18 Å². The maximum Gasteiger partial charge on any atom is 0.240 e. The summed E-state index contributed by atoms with van der Waals surface area (Å²) in [5, 5.41) is 3.01. The van der Waals surface area contributed by atoms with Gasteiger partial charge in [-0.3, -0.25) is 4.79 Å². The summed E-state index contributed by atoms with van der Waals surface area (Å²) in [7, 11) is 1.81. The van der Waals surface area contributed by atoms with Gasteiger partial charge in [-0.1, -0.05) is 0 Å². The zero-order valence-electron chi connectivity index (χ0n) is 10.4. The molecule has 1 aliphatic rings. The molecule has 0 aliphatic carbocycles. The van der Waals surface area contributed by atoms with Gasteiger partial charge in [0.2, 0.25) is 5.91 Å². The smallest absolute Gasteiger partial charge is 0.240 e. The van der Waals surface area contributed by atoms with Crippen molar-refractivity contribution in [2.24, 2.45) is 5.73 Å². The first-order chi connectivity index (χ1) is 8.63. The fourth-order valence-corrected chi connectivity index (χ4v) is 2.52. The summed E-state index contributed by atoms with van der Waals surface area (Å²) in [6, 6.07) is 4.38. The minimum Gasteiger partial charge on any atom is -0.368 e. The molecule has 0 radical (unpaired) electrons. The van der Waals surface area contributed by atoms with Crippen molar-refractivity contribution in [2.75, 3.05) is 18.5 Å². The highest BCUT2D eigenvalue weighted by atomic mass is 19.1. The van der Waals surface area contributed by atoms with Crippen LogP contribution in [0.2, 0.25) is 0 Å². The highest BCUT2D eigenvalue weighted by molar-refractivity contribution is 5.84. The van der Waals surface area contributed by atoms with Crippen molar-refractivity contribution in [2.45, 2.75) is 25.4 Å². The quantitative estimate of drug-likeness (QED) is 0.839. The Balaban J connectivity index is 2.34. The van der Waals surface area contributed by atoms with Crippen molar-refractivity contribution in [3.63, 3.8) is 0 Å². The predicted octanol–water partition coefficient (Wildman–Crippen LogP) is 0.999. The van der Waals surface area contributed by atoms with E-state index < -0.39 is 0 Å². The van der Waals surface area contributed by atoms with Gasteiger partial charge in [0.15, 0.2) is 0 Å². The van der Waals surface area contributed by atoms with E-state index in [1.165, 1.54) is 12.1 Å². The molecule has 1 saturated heterocycles. The molecule has 3 N–H and O–H groups in total. The van der Waals surface area contributed by atoms with Crippen LogP contribution in [-0.2, 0) is 11.3 Å². The first-order valence-electron chi connectivity index (χ1n) is 6.12. The molecule has 5 heteroatoms. The van der Waals surface area contributed by atoms with Gasteiger partial charge in [-0.15, -0.1) is 0 Å². The molecule has 0 aromatic heterocycles. The predicted molar refractivity (Wildman–Crippen MR) is 68.7 cm³/mol. The summed E-state index contributed by atoms with van der Waals surface area (Å²) in [6.07, 6.45) is 1.70. The van der Waals surface area contributed by atoms with Crippen LogP contribution in [0.5, 0.6) is 0 Å². The van der Waals surface area contributed by atoms with Crippen LogP contribution in [0.1, 0.15) is 18.4 Å². The molecule has 18 heavy (non-hydrogen) atoms. The van der Waals surface area contributed by atoms with Crippen molar-refractivity contribution in [3.8, 4) is 0 Å². The van der Waals surface area contributed by atoms with Gasteiger partial charge in [0.1, 0.15) is 11.9 Å². The Morgan fingerprint density at radius 3 is 3.06 bits per heavy atom. The highest BCUT2D eigenvalue weighted by Gasteiger charge is 2.30. The Bertz CT molecular complexity index is 450. The molecule has 1 aromatic carbocycles. The molecule has 4 nitrogen and oxygen atoms in total. The number of halogens is 1. The van der Waals surface area contributed by atoms with Crippen molar-refractivity contribution in [1.82, 2.24) is 5.32 Å². The number of carbonyl (C=O) groups excluding carboxylic acids is 1. The number of hydrogen-bond acceptors (Lipinski definition) is 3. The summed E-state index contributed by atoms with van der Waals surface area (Å²) in [5.41, 5.74) is 7.16. The number of nitrogens with zero attached hydrogens (tertiary/aromatic N) is 1. The van der Waals surface area contributed by atoms with Crippen LogP contribution in [0.4, 0.5) is 10.1 Å². The van der Waals surface area contributed by atoms with E-state index in [-0.39, 0.29) is 17.8 Å². The van der Waals surface area contributed by atoms with E-state index in [9.17, 15) is 9.18 Å². The molecule has 0 saturated carbocycles. The minimum absolute atomic E-state index is 0.265. The average Bonchev–Trinajstić information content (AvgIpc) is 2.78. The Morgan fingerprint density at radius 1 is 1.61 bits per heavy atom. The zero-order chi connectivity index (χ0) is 13.1. The molecule has 1 amide bonds.